The monoisotopic (exact) mass is 239 g/mol. The summed E-state index contributed by atoms with van der Waals surface area (Å²) in [4.78, 5) is 11.3. The van der Waals surface area contributed by atoms with Crippen molar-refractivity contribution in [3.8, 4) is 0 Å². The molecule has 0 fully saturated rings. The first-order valence-electron chi connectivity index (χ1n) is 5.38. The first kappa shape index (κ1) is 11.3. The van der Waals surface area contributed by atoms with Gasteiger partial charge in [-0.1, -0.05) is 24.6 Å². The molecule has 1 aromatic rings. The third-order valence-electron chi connectivity index (χ3n) is 3.31. The quantitative estimate of drug-likeness (QED) is 0.834. The van der Waals surface area contributed by atoms with Crippen LogP contribution in [0.5, 0.6) is 0 Å². The van der Waals surface area contributed by atoms with Crippen LogP contribution in [-0.4, -0.2) is 16.6 Å². The zero-order chi connectivity index (χ0) is 11.8. The predicted octanol–water partition coefficient (Wildman–Crippen LogP) is 2.93. The van der Waals surface area contributed by atoms with E-state index in [1.807, 2.05) is 25.1 Å². The minimum Gasteiger partial charge on any atom is -0.480 e. The molecule has 1 aliphatic rings. The van der Waals surface area contributed by atoms with Gasteiger partial charge in [-0.15, -0.1) is 0 Å². The molecular formula is C12H14ClNO2. The van der Waals surface area contributed by atoms with E-state index in [9.17, 15) is 9.90 Å². The van der Waals surface area contributed by atoms with E-state index in [4.69, 9.17) is 11.6 Å². The number of carbonyl (C=O) groups is 1. The normalized spacial score (nSPS) is 23.4. The summed E-state index contributed by atoms with van der Waals surface area (Å²) >= 11 is 6.07. The van der Waals surface area contributed by atoms with E-state index in [1.165, 1.54) is 0 Å². The van der Waals surface area contributed by atoms with Crippen LogP contribution in [-0.2, 0) is 11.2 Å². The molecule has 0 aliphatic carbocycles. The van der Waals surface area contributed by atoms with Crippen molar-refractivity contribution >= 4 is 23.3 Å². The zero-order valence-corrected chi connectivity index (χ0v) is 9.84. The summed E-state index contributed by atoms with van der Waals surface area (Å²) < 4.78 is 0. The van der Waals surface area contributed by atoms with Gasteiger partial charge in [0, 0.05) is 10.7 Å². The Kier molecular flexibility index (Phi) is 2.80. The standard InChI is InChI=1S/C12H14ClNO2/c1-2-12(11(15)16)7-6-8-9(13)4-3-5-10(8)14-12/h3-5,14H,2,6-7H2,1H3,(H,15,16). The second-order valence-electron chi connectivity index (χ2n) is 4.13. The number of nitrogens with one attached hydrogen (secondary N) is 1. The van der Waals surface area contributed by atoms with Crippen molar-refractivity contribution in [1.29, 1.82) is 0 Å². The Bertz CT molecular complexity index is 433. The van der Waals surface area contributed by atoms with Crippen molar-refractivity contribution in [3.05, 3.63) is 28.8 Å². The van der Waals surface area contributed by atoms with Crippen molar-refractivity contribution in [2.45, 2.75) is 31.7 Å². The van der Waals surface area contributed by atoms with Gasteiger partial charge in [-0.05, 0) is 37.0 Å². The van der Waals surface area contributed by atoms with Crippen LogP contribution in [0.4, 0.5) is 5.69 Å². The van der Waals surface area contributed by atoms with Crippen molar-refractivity contribution in [2.24, 2.45) is 0 Å². The van der Waals surface area contributed by atoms with Crippen LogP contribution in [0.1, 0.15) is 25.3 Å². The highest BCUT2D eigenvalue weighted by atomic mass is 35.5. The maximum absolute atomic E-state index is 11.3. The van der Waals surface area contributed by atoms with Crippen molar-refractivity contribution in [2.75, 3.05) is 5.32 Å². The van der Waals surface area contributed by atoms with Gasteiger partial charge < -0.3 is 10.4 Å². The second kappa shape index (κ2) is 3.98. The summed E-state index contributed by atoms with van der Waals surface area (Å²) in [7, 11) is 0. The molecule has 1 aliphatic heterocycles. The molecule has 0 saturated carbocycles. The number of anilines is 1. The Hall–Kier alpha value is -1.22. The lowest BCUT2D eigenvalue weighted by Gasteiger charge is -2.36. The second-order valence-corrected chi connectivity index (χ2v) is 4.54. The van der Waals surface area contributed by atoms with Crippen molar-refractivity contribution < 1.29 is 9.90 Å². The summed E-state index contributed by atoms with van der Waals surface area (Å²) in [5, 5.41) is 13.1. The highest BCUT2D eigenvalue weighted by molar-refractivity contribution is 6.31. The molecule has 0 aromatic heterocycles. The van der Waals surface area contributed by atoms with Gasteiger partial charge in [0.15, 0.2) is 0 Å². The van der Waals surface area contributed by atoms with Crippen LogP contribution < -0.4 is 5.32 Å². The molecule has 86 valence electrons. The lowest BCUT2D eigenvalue weighted by Crippen LogP contribution is -2.48. The Balaban J connectivity index is 2.40. The molecule has 0 bridgehead atoms. The van der Waals surface area contributed by atoms with Gasteiger partial charge in [-0.25, -0.2) is 4.79 Å². The van der Waals surface area contributed by atoms with Crippen LogP contribution in [0.25, 0.3) is 0 Å². The molecule has 1 aromatic carbocycles. The van der Waals surface area contributed by atoms with Crippen molar-refractivity contribution in [1.82, 2.24) is 0 Å². The van der Waals surface area contributed by atoms with E-state index in [-0.39, 0.29) is 0 Å². The first-order valence-corrected chi connectivity index (χ1v) is 5.76. The number of hydrogen-bond donors (Lipinski definition) is 2. The number of rotatable bonds is 2. The average molecular weight is 240 g/mol. The predicted molar refractivity (Wildman–Crippen MR) is 64.1 cm³/mol. The number of aliphatic carboxylic acids is 1. The molecule has 0 radical (unpaired) electrons. The molecule has 3 nitrogen and oxygen atoms in total. The maximum Gasteiger partial charge on any atom is 0.329 e. The molecule has 2 N–H and O–H groups in total. The lowest BCUT2D eigenvalue weighted by atomic mass is 9.84. The van der Waals surface area contributed by atoms with E-state index in [0.717, 1.165) is 11.3 Å². The van der Waals surface area contributed by atoms with Gasteiger partial charge in [-0.2, -0.15) is 0 Å². The molecule has 0 saturated heterocycles. The fourth-order valence-electron chi connectivity index (χ4n) is 2.17. The molecule has 16 heavy (non-hydrogen) atoms. The largest absolute Gasteiger partial charge is 0.480 e. The number of carboxylic acids is 1. The Morgan fingerprint density at radius 2 is 2.38 bits per heavy atom. The van der Waals surface area contributed by atoms with E-state index >= 15 is 0 Å². The van der Waals surface area contributed by atoms with Crippen LogP contribution in [0.3, 0.4) is 0 Å². The van der Waals surface area contributed by atoms with Crippen LogP contribution in [0.2, 0.25) is 5.02 Å². The first-order chi connectivity index (χ1) is 7.59. The van der Waals surface area contributed by atoms with Crippen LogP contribution >= 0.6 is 11.6 Å². The highest BCUT2D eigenvalue weighted by Crippen LogP contribution is 2.36. The third-order valence-corrected chi connectivity index (χ3v) is 3.66. The number of hydrogen-bond acceptors (Lipinski definition) is 2. The molecule has 1 heterocycles. The number of carboxylic acid groups (broad SMARTS) is 1. The minimum absolute atomic E-state index is 0.564. The van der Waals surface area contributed by atoms with Gasteiger partial charge >= 0.3 is 5.97 Å². The lowest BCUT2D eigenvalue weighted by molar-refractivity contribution is -0.142. The summed E-state index contributed by atoms with van der Waals surface area (Å²) in [5.41, 5.74) is 1.04. The molecular weight excluding hydrogens is 226 g/mol. The van der Waals surface area contributed by atoms with Crippen molar-refractivity contribution in [3.63, 3.8) is 0 Å². The van der Waals surface area contributed by atoms with E-state index in [1.54, 1.807) is 0 Å². The molecule has 0 spiro atoms. The Morgan fingerprint density at radius 3 is 3.00 bits per heavy atom. The van der Waals surface area contributed by atoms with Crippen LogP contribution in [0, 0.1) is 0 Å². The molecule has 4 heteroatoms. The van der Waals surface area contributed by atoms with E-state index < -0.39 is 11.5 Å². The number of fused-ring (bicyclic) bond motifs is 1. The Morgan fingerprint density at radius 1 is 1.62 bits per heavy atom. The van der Waals surface area contributed by atoms with Gasteiger partial charge in [0.2, 0.25) is 0 Å². The summed E-state index contributed by atoms with van der Waals surface area (Å²) in [6.07, 6.45) is 1.85. The molecule has 1 unspecified atom stereocenters. The van der Waals surface area contributed by atoms with Gasteiger partial charge in [0.25, 0.3) is 0 Å². The average Bonchev–Trinajstić information content (AvgIpc) is 2.28. The third kappa shape index (κ3) is 1.65. The van der Waals surface area contributed by atoms with E-state index in [2.05, 4.69) is 5.32 Å². The molecule has 2 rings (SSSR count). The number of benzene rings is 1. The topological polar surface area (TPSA) is 49.3 Å². The summed E-state index contributed by atoms with van der Waals surface area (Å²) in [6.45, 7) is 1.89. The fraction of sp³-hybridized carbons (Fsp3) is 0.417. The summed E-state index contributed by atoms with van der Waals surface area (Å²) in [6, 6.07) is 5.55. The Labute approximate surface area is 99.4 Å². The summed E-state index contributed by atoms with van der Waals surface area (Å²) in [5.74, 6) is -0.791. The SMILES string of the molecule is CCC1(C(=O)O)CCc2c(Cl)cccc2N1. The zero-order valence-electron chi connectivity index (χ0n) is 9.09. The maximum atomic E-state index is 11.3. The van der Waals surface area contributed by atoms with Gasteiger partial charge in [-0.3, -0.25) is 0 Å². The minimum atomic E-state index is -0.836. The smallest absolute Gasteiger partial charge is 0.329 e. The van der Waals surface area contributed by atoms with E-state index in [0.29, 0.717) is 24.3 Å². The fourth-order valence-corrected chi connectivity index (χ4v) is 2.43. The van der Waals surface area contributed by atoms with Crippen LogP contribution in [0.15, 0.2) is 18.2 Å². The molecule has 1 atom stereocenters. The van der Waals surface area contributed by atoms with Gasteiger partial charge in [0.05, 0.1) is 0 Å². The van der Waals surface area contributed by atoms with Gasteiger partial charge in [0.1, 0.15) is 5.54 Å². The highest BCUT2D eigenvalue weighted by Gasteiger charge is 2.39. The molecule has 0 amide bonds. The number of halogens is 1.